The Morgan fingerprint density at radius 2 is 1.67 bits per heavy atom. The maximum absolute atomic E-state index is 12.1. The average Bonchev–Trinajstić information content (AvgIpc) is 2.35. The van der Waals surface area contributed by atoms with E-state index in [1.165, 1.54) is 5.56 Å². The van der Waals surface area contributed by atoms with Gasteiger partial charge in [0.05, 0.1) is 0 Å². The fourth-order valence-electron chi connectivity index (χ4n) is 1.76. The molecule has 0 saturated heterocycles. The molecular formula is C15H15ClOS. The summed E-state index contributed by atoms with van der Waals surface area (Å²) < 4.78 is 12.1. The summed E-state index contributed by atoms with van der Waals surface area (Å²) in [6, 6.07) is 15.6. The third kappa shape index (κ3) is 3.69. The molecule has 0 heterocycles. The van der Waals surface area contributed by atoms with Crippen LogP contribution in [0.25, 0.3) is 0 Å². The van der Waals surface area contributed by atoms with Crippen molar-refractivity contribution in [2.45, 2.75) is 18.4 Å². The van der Waals surface area contributed by atoms with Gasteiger partial charge in [-0.05, 0) is 35.7 Å². The molecule has 0 bridgehead atoms. The zero-order valence-corrected chi connectivity index (χ0v) is 11.8. The molecular weight excluding hydrogens is 264 g/mol. The molecule has 94 valence electrons. The second-order valence-corrected chi connectivity index (χ2v) is 6.17. The van der Waals surface area contributed by atoms with Gasteiger partial charge in [0.2, 0.25) is 0 Å². The molecule has 0 aliphatic carbocycles. The number of benzene rings is 2. The molecule has 0 radical (unpaired) electrons. The maximum atomic E-state index is 12.1. The average molecular weight is 279 g/mol. The molecule has 0 spiro atoms. The van der Waals surface area contributed by atoms with E-state index in [4.69, 9.17) is 11.6 Å². The van der Waals surface area contributed by atoms with Crippen LogP contribution < -0.4 is 0 Å². The van der Waals surface area contributed by atoms with Crippen molar-refractivity contribution in [1.29, 1.82) is 0 Å². The molecule has 0 amide bonds. The van der Waals surface area contributed by atoms with Crippen molar-refractivity contribution in [3.63, 3.8) is 0 Å². The lowest BCUT2D eigenvalue weighted by molar-refractivity contribution is 0.682. The molecule has 0 aromatic heterocycles. The van der Waals surface area contributed by atoms with E-state index in [1.807, 2.05) is 42.5 Å². The first-order chi connectivity index (χ1) is 8.65. The summed E-state index contributed by atoms with van der Waals surface area (Å²) in [5, 5.41) is 0.712. The highest BCUT2D eigenvalue weighted by molar-refractivity contribution is 7.83. The summed E-state index contributed by atoms with van der Waals surface area (Å²) in [7, 11) is -0.882. The van der Waals surface area contributed by atoms with Crippen LogP contribution >= 0.6 is 11.6 Å². The zero-order chi connectivity index (χ0) is 13.0. The van der Waals surface area contributed by atoms with Gasteiger partial charge in [-0.15, -0.1) is 0 Å². The molecule has 3 heteroatoms. The minimum Gasteiger partial charge on any atom is -0.259 e. The van der Waals surface area contributed by atoms with E-state index in [0.717, 1.165) is 11.1 Å². The first-order valence-electron chi connectivity index (χ1n) is 5.79. The lowest BCUT2D eigenvalue weighted by atomic mass is 10.1. The Morgan fingerprint density at radius 1 is 1.00 bits per heavy atom. The van der Waals surface area contributed by atoms with Gasteiger partial charge in [-0.2, -0.15) is 0 Å². The van der Waals surface area contributed by atoms with Crippen molar-refractivity contribution in [2.75, 3.05) is 0 Å². The van der Waals surface area contributed by atoms with E-state index in [2.05, 4.69) is 13.0 Å². The van der Waals surface area contributed by atoms with E-state index >= 15 is 0 Å². The van der Waals surface area contributed by atoms with Crippen LogP contribution in [0, 0.1) is 6.92 Å². The summed E-state index contributed by atoms with van der Waals surface area (Å²) >= 11 is 5.82. The summed E-state index contributed by atoms with van der Waals surface area (Å²) in [5.74, 6) is 1.18. The van der Waals surface area contributed by atoms with Gasteiger partial charge < -0.3 is 0 Å². The molecule has 2 aromatic carbocycles. The van der Waals surface area contributed by atoms with Crippen LogP contribution in [0.15, 0.2) is 48.5 Å². The minimum absolute atomic E-state index is 0.575. The molecule has 0 fully saturated rings. The molecule has 2 rings (SSSR count). The van der Waals surface area contributed by atoms with Crippen molar-refractivity contribution in [3.05, 3.63) is 70.2 Å². The predicted molar refractivity (Wildman–Crippen MR) is 78.2 cm³/mol. The Morgan fingerprint density at radius 3 is 2.33 bits per heavy atom. The van der Waals surface area contributed by atoms with Gasteiger partial charge in [0, 0.05) is 27.3 Å². The van der Waals surface area contributed by atoms with Crippen molar-refractivity contribution >= 4 is 22.4 Å². The van der Waals surface area contributed by atoms with Crippen LogP contribution in [0.1, 0.15) is 16.7 Å². The molecule has 0 saturated carbocycles. The van der Waals surface area contributed by atoms with E-state index in [9.17, 15) is 4.21 Å². The highest BCUT2D eigenvalue weighted by Gasteiger charge is 2.05. The van der Waals surface area contributed by atoms with Gasteiger partial charge in [-0.25, -0.2) is 0 Å². The van der Waals surface area contributed by atoms with E-state index in [0.29, 0.717) is 16.5 Å². The number of halogens is 1. The molecule has 0 aliphatic heterocycles. The molecule has 0 unspecified atom stereocenters. The Labute approximate surface area is 115 Å². The quantitative estimate of drug-likeness (QED) is 0.823. The Hall–Kier alpha value is -1.12. The van der Waals surface area contributed by atoms with E-state index in [-0.39, 0.29) is 0 Å². The second-order valence-electron chi connectivity index (χ2n) is 4.28. The lowest BCUT2D eigenvalue weighted by Crippen LogP contribution is -2.00. The third-order valence-electron chi connectivity index (χ3n) is 2.82. The standard InChI is InChI=1S/C15H15ClOS/c1-12-4-2-3-5-14(12)11-18(17)10-13-6-8-15(16)9-7-13/h2-9H,10-11H2,1H3/t18-/m0/s1. The lowest BCUT2D eigenvalue weighted by Gasteiger charge is -2.06. The largest absolute Gasteiger partial charge is 0.259 e. The molecule has 0 N–H and O–H groups in total. The SMILES string of the molecule is Cc1ccccc1C[S@@](=O)Cc1ccc(Cl)cc1. The summed E-state index contributed by atoms with van der Waals surface area (Å²) in [6.45, 7) is 2.05. The Kier molecular flexibility index (Phi) is 4.56. The minimum atomic E-state index is -0.882. The fourth-order valence-corrected chi connectivity index (χ4v) is 3.23. The third-order valence-corrected chi connectivity index (χ3v) is 4.36. The van der Waals surface area contributed by atoms with Crippen molar-refractivity contribution in [1.82, 2.24) is 0 Å². The number of aryl methyl sites for hydroxylation is 1. The van der Waals surface area contributed by atoms with Crippen LogP contribution in [0.4, 0.5) is 0 Å². The predicted octanol–water partition coefficient (Wildman–Crippen LogP) is 4.10. The molecule has 1 nitrogen and oxygen atoms in total. The highest BCUT2D eigenvalue weighted by atomic mass is 35.5. The van der Waals surface area contributed by atoms with Gasteiger partial charge in [-0.3, -0.25) is 4.21 Å². The summed E-state index contributed by atoms with van der Waals surface area (Å²) in [4.78, 5) is 0. The van der Waals surface area contributed by atoms with E-state index in [1.54, 1.807) is 0 Å². The molecule has 1 atom stereocenters. The molecule has 0 aliphatic rings. The molecule has 2 aromatic rings. The second kappa shape index (κ2) is 6.17. The normalized spacial score (nSPS) is 12.3. The summed E-state index contributed by atoms with van der Waals surface area (Å²) in [6.07, 6.45) is 0. The van der Waals surface area contributed by atoms with E-state index < -0.39 is 10.8 Å². The van der Waals surface area contributed by atoms with Crippen LogP contribution in [-0.4, -0.2) is 4.21 Å². The topological polar surface area (TPSA) is 17.1 Å². The van der Waals surface area contributed by atoms with Gasteiger partial charge >= 0.3 is 0 Å². The van der Waals surface area contributed by atoms with Gasteiger partial charge in [0.1, 0.15) is 0 Å². The first kappa shape index (κ1) is 13.3. The van der Waals surface area contributed by atoms with Crippen molar-refractivity contribution in [2.24, 2.45) is 0 Å². The van der Waals surface area contributed by atoms with Gasteiger partial charge in [0.25, 0.3) is 0 Å². The number of hydrogen-bond donors (Lipinski definition) is 0. The van der Waals surface area contributed by atoms with Crippen LogP contribution in [0.5, 0.6) is 0 Å². The highest BCUT2D eigenvalue weighted by Crippen LogP contribution is 2.14. The van der Waals surface area contributed by atoms with Crippen molar-refractivity contribution < 1.29 is 4.21 Å². The number of rotatable bonds is 4. The first-order valence-corrected chi connectivity index (χ1v) is 7.65. The Bertz CT molecular complexity index is 549. The van der Waals surface area contributed by atoms with Crippen LogP contribution in [-0.2, 0) is 22.3 Å². The van der Waals surface area contributed by atoms with Crippen molar-refractivity contribution in [3.8, 4) is 0 Å². The molecule has 18 heavy (non-hydrogen) atoms. The summed E-state index contributed by atoms with van der Waals surface area (Å²) in [5.41, 5.74) is 3.41. The van der Waals surface area contributed by atoms with Crippen LogP contribution in [0.2, 0.25) is 5.02 Å². The monoisotopic (exact) mass is 278 g/mol. The Balaban J connectivity index is 2.01. The smallest absolute Gasteiger partial charge is 0.0491 e. The van der Waals surface area contributed by atoms with Gasteiger partial charge in [0.15, 0.2) is 0 Å². The van der Waals surface area contributed by atoms with Crippen LogP contribution in [0.3, 0.4) is 0 Å². The number of hydrogen-bond acceptors (Lipinski definition) is 1. The zero-order valence-electron chi connectivity index (χ0n) is 10.2. The fraction of sp³-hybridized carbons (Fsp3) is 0.200. The van der Waals surface area contributed by atoms with Gasteiger partial charge in [-0.1, -0.05) is 48.0 Å². The maximum Gasteiger partial charge on any atom is 0.0491 e.